The van der Waals surface area contributed by atoms with Crippen molar-refractivity contribution in [3.8, 4) is 0 Å². The number of halogens is 1. The number of hydrogen-bond acceptors (Lipinski definition) is 3. The highest BCUT2D eigenvalue weighted by atomic mass is 79.9. The van der Waals surface area contributed by atoms with Crippen LogP contribution in [0.3, 0.4) is 0 Å². The molecule has 4 nitrogen and oxygen atoms in total. The first-order valence-electron chi connectivity index (χ1n) is 5.37. The molecule has 1 aromatic rings. The molecule has 0 unspecified atom stereocenters. The van der Waals surface area contributed by atoms with Crippen LogP contribution in [0.1, 0.15) is 12.1 Å². The number of aryl methyl sites for hydroxylation is 1. The van der Waals surface area contributed by atoms with Gasteiger partial charge in [-0.2, -0.15) is 5.10 Å². The maximum absolute atomic E-state index is 4.44. The first-order valence-corrected chi connectivity index (χ1v) is 6.16. The third kappa shape index (κ3) is 3.03. The van der Waals surface area contributed by atoms with Crippen molar-refractivity contribution < 1.29 is 0 Å². The summed E-state index contributed by atoms with van der Waals surface area (Å²) in [4.78, 5) is 2.45. The third-order valence-electron chi connectivity index (χ3n) is 2.69. The summed E-state index contributed by atoms with van der Waals surface area (Å²) in [5, 5.41) is 7.85. The van der Waals surface area contributed by atoms with Crippen LogP contribution in [0.2, 0.25) is 0 Å². The lowest BCUT2D eigenvalue weighted by Crippen LogP contribution is -2.27. The molecule has 0 saturated carbocycles. The van der Waals surface area contributed by atoms with Crippen LogP contribution in [0.4, 0.5) is 0 Å². The van der Waals surface area contributed by atoms with Crippen molar-refractivity contribution in [2.24, 2.45) is 7.05 Å². The van der Waals surface area contributed by atoms with Crippen LogP contribution in [0.25, 0.3) is 0 Å². The van der Waals surface area contributed by atoms with Crippen LogP contribution in [-0.2, 0) is 13.6 Å². The minimum absolute atomic E-state index is 0.959. The normalized spacial score (nSPS) is 19.1. The summed E-state index contributed by atoms with van der Waals surface area (Å²) < 4.78 is 2.91. The fraction of sp³-hybridized carbons (Fsp3) is 0.700. The molecule has 1 N–H and O–H groups in total. The van der Waals surface area contributed by atoms with E-state index < -0.39 is 0 Å². The second-order valence-corrected chi connectivity index (χ2v) is 4.77. The molecule has 0 atom stereocenters. The maximum Gasteiger partial charge on any atom is 0.104 e. The standard InChI is InChI=1S/C10H17BrN4/c1-14-10(11)7-9(13-14)8-15-5-2-3-12-4-6-15/h7,12H,2-6,8H2,1H3. The van der Waals surface area contributed by atoms with Gasteiger partial charge >= 0.3 is 0 Å². The van der Waals surface area contributed by atoms with Gasteiger partial charge in [0.1, 0.15) is 4.60 Å². The van der Waals surface area contributed by atoms with Crippen LogP contribution in [0.15, 0.2) is 10.7 Å². The summed E-state index contributed by atoms with van der Waals surface area (Å²) in [6.07, 6.45) is 1.23. The van der Waals surface area contributed by atoms with Gasteiger partial charge in [0.25, 0.3) is 0 Å². The third-order valence-corrected chi connectivity index (χ3v) is 3.43. The van der Waals surface area contributed by atoms with Crippen molar-refractivity contribution in [2.45, 2.75) is 13.0 Å². The van der Waals surface area contributed by atoms with Crippen molar-refractivity contribution in [3.05, 3.63) is 16.4 Å². The van der Waals surface area contributed by atoms with E-state index in [0.29, 0.717) is 0 Å². The molecule has 0 spiro atoms. The van der Waals surface area contributed by atoms with Crippen LogP contribution < -0.4 is 5.32 Å². The van der Waals surface area contributed by atoms with Gasteiger partial charge < -0.3 is 5.32 Å². The minimum atomic E-state index is 0.959. The molecule has 1 fully saturated rings. The molecule has 5 heteroatoms. The average Bonchev–Trinajstić information content (AvgIpc) is 2.45. The van der Waals surface area contributed by atoms with Crippen LogP contribution in [-0.4, -0.2) is 40.9 Å². The molecule has 1 aromatic heterocycles. The predicted octanol–water partition coefficient (Wildman–Crippen LogP) is 0.978. The fourth-order valence-corrected chi connectivity index (χ4v) is 2.21. The lowest BCUT2D eigenvalue weighted by Gasteiger charge is -2.17. The van der Waals surface area contributed by atoms with Crippen LogP contribution in [0, 0.1) is 0 Å². The summed E-state index contributed by atoms with van der Waals surface area (Å²) in [6.45, 7) is 5.48. The monoisotopic (exact) mass is 272 g/mol. The van der Waals surface area contributed by atoms with Crippen LogP contribution >= 0.6 is 15.9 Å². The van der Waals surface area contributed by atoms with Gasteiger partial charge in [0.15, 0.2) is 0 Å². The molecule has 0 bridgehead atoms. The Balaban J connectivity index is 1.95. The highest BCUT2D eigenvalue weighted by Gasteiger charge is 2.11. The molecule has 0 aromatic carbocycles. The van der Waals surface area contributed by atoms with E-state index in [1.807, 2.05) is 11.7 Å². The number of aromatic nitrogens is 2. The van der Waals surface area contributed by atoms with E-state index in [-0.39, 0.29) is 0 Å². The van der Waals surface area contributed by atoms with Gasteiger partial charge in [-0.3, -0.25) is 9.58 Å². The quantitative estimate of drug-likeness (QED) is 0.872. The molecule has 84 valence electrons. The Morgan fingerprint density at radius 1 is 1.47 bits per heavy atom. The molecule has 1 saturated heterocycles. The van der Waals surface area contributed by atoms with Crippen molar-refractivity contribution in [2.75, 3.05) is 26.2 Å². The summed E-state index contributed by atoms with van der Waals surface area (Å²) in [7, 11) is 1.96. The summed E-state index contributed by atoms with van der Waals surface area (Å²) in [5.41, 5.74) is 1.14. The largest absolute Gasteiger partial charge is 0.315 e. The van der Waals surface area contributed by atoms with Crippen molar-refractivity contribution in [1.29, 1.82) is 0 Å². The number of hydrogen-bond donors (Lipinski definition) is 1. The van der Waals surface area contributed by atoms with Crippen LogP contribution in [0.5, 0.6) is 0 Å². The SMILES string of the molecule is Cn1nc(CN2CCCNCC2)cc1Br. The molecule has 15 heavy (non-hydrogen) atoms. The smallest absolute Gasteiger partial charge is 0.104 e. The molecule has 0 radical (unpaired) electrons. The highest BCUT2D eigenvalue weighted by molar-refractivity contribution is 9.10. The molecular weight excluding hydrogens is 256 g/mol. The lowest BCUT2D eigenvalue weighted by molar-refractivity contribution is 0.280. The Kier molecular flexibility index (Phi) is 3.77. The zero-order valence-corrected chi connectivity index (χ0v) is 10.6. The summed E-state index contributed by atoms with van der Waals surface area (Å²) in [5.74, 6) is 0. The molecule has 1 aliphatic heterocycles. The first kappa shape index (κ1) is 11.1. The Hall–Kier alpha value is -0.390. The zero-order chi connectivity index (χ0) is 10.7. The fourth-order valence-electron chi connectivity index (χ4n) is 1.87. The maximum atomic E-state index is 4.44. The van der Waals surface area contributed by atoms with Gasteiger partial charge in [0.05, 0.1) is 5.69 Å². The predicted molar refractivity (Wildman–Crippen MR) is 63.7 cm³/mol. The van der Waals surface area contributed by atoms with E-state index >= 15 is 0 Å². The average molecular weight is 273 g/mol. The van der Waals surface area contributed by atoms with E-state index in [4.69, 9.17) is 0 Å². The van der Waals surface area contributed by atoms with Gasteiger partial charge in [-0.15, -0.1) is 0 Å². The van der Waals surface area contributed by atoms with Gasteiger partial charge in [0, 0.05) is 26.7 Å². The van der Waals surface area contributed by atoms with E-state index in [0.717, 1.165) is 36.5 Å². The van der Waals surface area contributed by atoms with Gasteiger partial charge in [-0.1, -0.05) is 0 Å². The second kappa shape index (κ2) is 5.09. The summed E-state index contributed by atoms with van der Waals surface area (Å²) >= 11 is 3.47. The molecule has 0 amide bonds. The second-order valence-electron chi connectivity index (χ2n) is 3.96. The minimum Gasteiger partial charge on any atom is -0.315 e. The molecular formula is C10H17BrN4. The number of nitrogens with one attached hydrogen (secondary N) is 1. The number of rotatable bonds is 2. The van der Waals surface area contributed by atoms with E-state index in [2.05, 4.69) is 37.3 Å². The number of nitrogens with zero attached hydrogens (tertiary/aromatic N) is 3. The Bertz CT molecular complexity index is 296. The highest BCUT2D eigenvalue weighted by Crippen LogP contribution is 2.12. The topological polar surface area (TPSA) is 33.1 Å². The van der Waals surface area contributed by atoms with E-state index in [1.165, 1.54) is 13.0 Å². The van der Waals surface area contributed by atoms with Crippen molar-refractivity contribution >= 4 is 15.9 Å². The summed E-state index contributed by atoms with van der Waals surface area (Å²) in [6, 6.07) is 2.10. The molecule has 2 heterocycles. The van der Waals surface area contributed by atoms with Crippen molar-refractivity contribution in [1.82, 2.24) is 20.0 Å². The van der Waals surface area contributed by atoms with Gasteiger partial charge in [-0.25, -0.2) is 0 Å². The van der Waals surface area contributed by atoms with E-state index in [1.54, 1.807) is 0 Å². The first-order chi connectivity index (χ1) is 7.25. The van der Waals surface area contributed by atoms with Gasteiger partial charge in [0.2, 0.25) is 0 Å². The molecule has 1 aliphatic rings. The lowest BCUT2D eigenvalue weighted by atomic mass is 10.3. The van der Waals surface area contributed by atoms with E-state index in [9.17, 15) is 0 Å². The van der Waals surface area contributed by atoms with Gasteiger partial charge in [-0.05, 0) is 41.5 Å². The Morgan fingerprint density at radius 3 is 3.07 bits per heavy atom. The Labute approximate surface area is 98.8 Å². The zero-order valence-electron chi connectivity index (χ0n) is 9.04. The Morgan fingerprint density at radius 2 is 2.33 bits per heavy atom. The van der Waals surface area contributed by atoms with Crippen molar-refractivity contribution in [3.63, 3.8) is 0 Å². The molecule has 2 rings (SSSR count). The molecule has 0 aliphatic carbocycles.